The molecule has 1 aromatic heterocycles. The Labute approximate surface area is 212 Å². The number of esters is 1. The number of amides is 3. The van der Waals surface area contributed by atoms with Crippen molar-refractivity contribution in [2.45, 2.75) is 13.2 Å². The van der Waals surface area contributed by atoms with Gasteiger partial charge < -0.3 is 19.2 Å². The second-order valence-corrected chi connectivity index (χ2v) is 8.42. The van der Waals surface area contributed by atoms with Gasteiger partial charge in [0, 0.05) is 16.1 Å². The van der Waals surface area contributed by atoms with E-state index in [1.54, 1.807) is 12.1 Å². The van der Waals surface area contributed by atoms with Crippen molar-refractivity contribution in [2.75, 3.05) is 7.11 Å². The first-order valence-electron chi connectivity index (χ1n) is 10.4. The van der Waals surface area contributed by atoms with Crippen molar-refractivity contribution < 1.29 is 33.2 Å². The summed E-state index contributed by atoms with van der Waals surface area (Å²) in [5, 5.41) is 14.1. The topological polar surface area (TPSA) is 141 Å². The summed E-state index contributed by atoms with van der Waals surface area (Å²) in [5.74, 6) is -1.30. The molecular formula is C24H18BrN3O8. The molecule has 1 aliphatic heterocycles. The number of benzene rings is 2. The van der Waals surface area contributed by atoms with E-state index in [9.17, 15) is 24.5 Å². The number of methoxy groups -OCH3 is 1. The molecule has 0 unspecified atom stereocenters. The maximum Gasteiger partial charge on any atom is 0.373 e. The number of furan rings is 1. The average Bonchev–Trinajstić information content (AvgIpc) is 3.44. The predicted octanol–water partition coefficient (Wildman–Crippen LogP) is 4.41. The number of carbonyl (C=O) groups is 3. The second-order valence-electron chi connectivity index (χ2n) is 7.50. The standard InChI is InChI=1S/C24H18BrN3O8/c1-34-23(30)20-10-9-17(36-20)12-27-22(29)18(26-24(27)31)11-15-3-2-4-19(28(32)33)21(15)35-13-14-5-7-16(25)8-6-14/h2-11H,12-13H2,1H3,(H,26,31)/b18-11-. The summed E-state index contributed by atoms with van der Waals surface area (Å²) in [6.45, 7) is -0.192. The van der Waals surface area contributed by atoms with Gasteiger partial charge in [0.15, 0.2) is 0 Å². The first-order chi connectivity index (χ1) is 17.3. The summed E-state index contributed by atoms with van der Waals surface area (Å²) < 4.78 is 16.6. The van der Waals surface area contributed by atoms with Crippen LogP contribution in [0.25, 0.3) is 6.08 Å². The van der Waals surface area contributed by atoms with Crippen molar-refractivity contribution >= 4 is 45.6 Å². The van der Waals surface area contributed by atoms with Crippen LogP contribution in [0, 0.1) is 10.1 Å². The number of hydrogen-bond donors (Lipinski definition) is 1. The lowest BCUT2D eigenvalue weighted by molar-refractivity contribution is -0.386. The van der Waals surface area contributed by atoms with Gasteiger partial charge in [0.25, 0.3) is 5.91 Å². The summed E-state index contributed by atoms with van der Waals surface area (Å²) in [6, 6.07) is 13.6. The van der Waals surface area contributed by atoms with E-state index in [4.69, 9.17) is 9.15 Å². The number of nitro benzene ring substituents is 1. The van der Waals surface area contributed by atoms with Crippen LogP contribution in [0.5, 0.6) is 5.75 Å². The zero-order chi connectivity index (χ0) is 25.8. The van der Waals surface area contributed by atoms with Gasteiger partial charge in [-0.25, -0.2) is 9.59 Å². The minimum absolute atomic E-state index is 0.0434. The van der Waals surface area contributed by atoms with E-state index < -0.39 is 22.8 Å². The third-order valence-electron chi connectivity index (χ3n) is 5.14. The highest BCUT2D eigenvalue weighted by Crippen LogP contribution is 2.34. The fourth-order valence-electron chi connectivity index (χ4n) is 3.39. The second kappa shape index (κ2) is 10.4. The normalized spacial score (nSPS) is 14.2. The first-order valence-corrected chi connectivity index (χ1v) is 11.2. The number of nitrogens with one attached hydrogen (secondary N) is 1. The van der Waals surface area contributed by atoms with Gasteiger partial charge in [0.2, 0.25) is 11.5 Å². The molecule has 4 rings (SSSR count). The Kier molecular flexibility index (Phi) is 7.15. The van der Waals surface area contributed by atoms with E-state index in [0.29, 0.717) is 0 Å². The van der Waals surface area contributed by atoms with Crippen molar-refractivity contribution in [3.05, 3.63) is 97.5 Å². The van der Waals surface area contributed by atoms with E-state index in [2.05, 4.69) is 26.0 Å². The number of nitrogens with zero attached hydrogens (tertiary/aromatic N) is 2. The van der Waals surface area contributed by atoms with E-state index in [1.807, 2.05) is 12.1 Å². The Morgan fingerprint density at radius 2 is 1.92 bits per heavy atom. The molecule has 3 aromatic rings. The van der Waals surface area contributed by atoms with Gasteiger partial charge in [-0.2, -0.15) is 0 Å². The third kappa shape index (κ3) is 5.28. The monoisotopic (exact) mass is 555 g/mol. The third-order valence-corrected chi connectivity index (χ3v) is 5.67. The number of hydrogen-bond acceptors (Lipinski definition) is 8. The Morgan fingerprint density at radius 3 is 2.61 bits per heavy atom. The number of rotatable bonds is 8. The minimum Gasteiger partial charge on any atom is -0.482 e. The molecule has 1 aliphatic rings. The molecule has 0 aliphatic carbocycles. The van der Waals surface area contributed by atoms with E-state index >= 15 is 0 Å². The highest BCUT2D eigenvalue weighted by Gasteiger charge is 2.35. The first kappa shape index (κ1) is 24.7. The fraction of sp³-hybridized carbons (Fsp3) is 0.125. The van der Waals surface area contributed by atoms with Crippen molar-refractivity contribution in [3.8, 4) is 5.75 Å². The van der Waals surface area contributed by atoms with Crippen LogP contribution < -0.4 is 10.1 Å². The molecule has 1 saturated heterocycles. The van der Waals surface area contributed by atoms with Crippen LogP contribution in [0.4, 0.5) is 10.5 Å². The highest BCUT2D eigenvalue weighted by atomic mass is 79.9. The number of halogens is 1. The SMILES string of the molecule is COC(=O)c1ccc(CN2C(=O)N/C(=C\c3cccc([N+](=O)[O-])c3OCc3ccc(Br)cc3)C2=O)o1. The Morgan fingerprint density at radius 1 is 1.17 bits per heavy atom. The summed E-state index contributed by atoms with van der Waals surface area (Å²) in [7, 11) is 1.20. The number of urea groups is 1. The molecule has 11 nitrogen and oxygen atoms in total. The Balaban J connectivity index is 1.58. The van der Waals surface area contributed by atoms with Gasteiger partial charge in [-0.05, 0) is 35.9 Å². The molecule has 0 bridgehead atoms. The molecule has 0 atom stereocenters. The Hall–Kier alpha value is -4.45. The van der Waals surface area contributed by atoms with Crippen LogP contribution in [0.1, 0.15) is 27.4 Å². The van der Waals surface area contributed by atoms with Crippen LogP contribution in [0.3, 0.4) is 0 Å². The Bertz CT molecular complexity index is 1380. The summed E-state index contributed by atoms with van der Waals surface area (Å²) in [5.41, 5.74) is 0.615. The smallest absolute Gasteiger partial charge is 0.373 e. The quantitative estimate of drug-likeness (QED) is 0.141. The molecule has 0 saturated carbocycles. The number of ether oxygens (including phenoxy) is 2. The lowest BCUT2D eigenvalue weighted by Crippen LogP contribution is -2.30. The molecule has 184 valence electrons. The molecule has 2 aromatic carbocycles. The number of carbonyl (C=O) groups excluding carboxylic acids is 3. The molecular weight excluding hydrogens is 538 g/mol. The zero-order valence-corrected chi connectivity index (χ0v) is 20.3. The van der Waals surface area contributed by atoms with Gasteiger partial charge in [0.05, 0.1) is 18.6 Å². The van der Waals surface area contributed by atoms with Crippen LogP contribution in [-0.4, -0.2) is 34.8 Å². The van der Waals surface area contributed by atoms with Crippen molar-refractivity contribution in [2.24, 2.45) is 0 Å². The molecule has 36 heavy (non-hydrogen) atoms. The van der Waals surface area contributed by atoms with E-state index in [-0.39, 0.29) is 47.4 Å². The molecule has 1 N–H and O–H groups in total. The lowest BCUT2D eigenvalue weighted by atomic mass is 10.1. The average molecular weight is 556 g/mol. The molecule has 12 heteroatoms. The van der Waals surface area contributed by atoms with Gasteiger partial charge >= 0.3 is 17.7 Å². The van der Waals surface area contributed by atoms with Gasteiger partial charge in [-0.1, -0.05) is 40.2 Å². The zero-order valence-electron chi connectivity index (χ0n) is 18.7. The van der Waals surface area contributed by atoms with Crippen LogP contribution >= 0.6 is 15.9 Å². The fourth-order valence-corrected chi connectivity index (χ4v) is 3.66. The summed E-state index contributed by atoms with van der Waals surface area (Å²) >= 11 is 3.34. The number of nitro groups is 1. The molecule has 0 spiro atoms. The van der Waals surface area contributed by atoms with Crippen LogP contribution in [0.15, 0.2) is 69.2 Å². The van der Waals surface area contributed by atoms with Gasteiger partial charge in [-0.15, -0.1) is 0 Å². The molecule has 1 fully saturated rings. The molecule has 3 amide bonds. The largest absolute Gasteiger partial charge is 0.482 e. The van der Waals surface area contributed by atoms with Crippen LogP contribution in [-0.2, 0) is 22.7 Å². The summed E-state index contributed by atoms with van der Waals surface area (Å²) in [6.07, 6.45) is 1.31. The van der Waals surface area contributed by atoms with Crippen molar-refractivity contribution in [3.63, 3.8) is 0 Å². The van der Waals surface area contributed by atoms with Crippen molar-refractivity contribution in [1.29, 1.82) is 0 Å². The van der Waals surface area contributed by atoms with Gasteiger partial charge in [-0.3, -0.25) is 19.8 Å². The molecule has 0 radical (unpaired) electrons. The summed E-state index contributed by atoms with van der Waals surface area (Å²) in [4.78, 5) is 48.9. The highest BCUT2D eigenvalue weighted by molar-refractivity contribution is 9.10. The minimum atomic E-state index is -0.718. The van der Waals surface area contributed by atoms with E-state index in [0.717, 1.165) is 14.9 Å². The van der Waals surface area contributed by atoms with Gasteiger partial charge in [0.1, 0.15) is 18.1 Å². The van der Waals surface area contributed by atoms with Crippen molar-refractivity contribution in [1.82, 2.24) is 10.2 Å². The van der Waals surface area contributed by atoms with Crippen LogP contribution in [0.2, 0.25) is 0 Å². The predicted molar refractivity (Wildman–Crippen MR) is 129 cm³/mol. The maximum atomic E-state index is 12.9. The number of para-hydroxylation sites is 1. The lowest BCUT2D eigenvalue weighted by Gasteiger charge is -2.11. The maximum absolute atomic E-state index is 12.9. The van der Waals surface area contributed by atoms with E-state index in [1.165, 1.54) is 43.5 Å². The molecule has 2 heterocycles. The number of imide groups is 1.